The molecule has 0 amide bonds. The molecule has 0 atom stereocenters. The number of alkyl halides is 1. The van der Waals surface area contributed by atoms with Crippen LogP contribution in [-0.4, -0.2) is 0 Å². The normalized spacial score (nSPS) is 10.5. The average molecular weight is 343 g/mol. The predicted octanol–water partition coefficient (Wildman–Crippen LogP) is 6.18. The monoisotopic (exact) mass is 342 g/mol. The summed E-state index contributed by atoms with van der Waals surface area (Å²) < 4.78 is 0. The summed E-state index contributed by atoms with van der Waals surface area (Å²) in [5.74, 6) is 0. The highest BCUT2D eigenvalue weighted by Gasteiger charge is 1.99. The molecule has 0 bridgehead atoms. The molecule has 0 unspecified atom stereocenters. The highest BCUT2D eigenvalue weighted by atomic mass is 79.9. The summed E-state index contributed by atoms with van der Waals surface area (Å²) in [5, 5.41) is 0.940. The van der Waals surface area contributed by atoms with Gasteiger partial charge in [0.1, 0.15) is 0 Å². The second kappa shape index (κ2) is 8.84. The Morgan fingerprint density at radius 2 is 1.48 bits per heavy atom. The number of benzene rings is 2. The van der Waals surface area contributed by atoms with E-state index in [1.54, 1.807) is 0 Å². The molecule has 2 aromatic carbocycles. The minimum absolute atomic E-state index is 0.940. The van der Waals surface area contributed by atoms with Gasteiger partial charge in [-0.2, -0.15) is 0 Å². The highest BCUT2D eigenvalue weighted by Crippen LogP contribution is 2.15. The van der Waals surface area contributed by atoms with Gasteiger partial charge in [-0.3, -0.25) is 0 Å². The van der Waals surface area contributed by atoms with Crippen LogP contribution in [0.2, 0.25) is 0 Å². The van der Waals surface area contributed by atoms with E-state index in [1.807, 2.05) is 6.08 Å². The van der Waals surface area contributed by atoms with Crippen LogP contribution < -0.4 is 0 Å². The van der Waals surface area contributed by atoms with Gasteiger partial charge in [0, 0.05) is 5.33 Å². The molecule has 0 heterocycles. The van der Waals surface area contributed by atoms with Crippen LogP contribution >= 0.6 is 15.9 Å². The van der Waals surface area contributed by atoms with Gasteiger partial charge < -0.3 is 0 Å². The molecule has 0 aliphatic carbocycles. The van der Waals surface area contributed by atoms with Crippen LogP contribution in [0.15, 0.2) is 55.1 Å². The van der Waals surface area contributed by atoms with Crippen LogP contribution in [0.1, 0.15) is 41.5 Å². The molecular weight excluding hydrogens is 320 g/mol. The Balaban J connectivity index is 1.71. The van der Waals surface area contributed by atoms with Gasteiger partial charge in [0.05, 0.1) is 0 Å². The topological polar surface area (TPSA) is 0 Å². The van der Waals surface area contributed by atoms with E-state index < -0.39 is 0 Å². The molecule has 1 heteroatoms. The number of aryl methyl sites for hydroxylation is 2. The summed E-state index contributed by atoms with van der Waals surface area (Å²) in [6.45, 7) is 3.89. The fraction of sp³-hybridized carbons (Fsp3) is 0.300. The molecule has 0 spiro atoms. The summed E-state index contributed by atoms with van der Waals surface area (Å²) in [7, 11) is 0. The molecule has 0 radical (unpaired) electrons. The molecule has 0 nitrogen and oxygen atoms in total. The number of unbranched alkanes of at least 4 members (excludes halogenated alkanes) is 2. The molecule has 0 aliphatic rings. The average Bonchev–Trinajstić information content (AvgIpc) is 2.55. The lowest BCUT2D eigenvalue weighted by Crippen LogP contribution is -1.91. The second-order valence-corrected chi connectivity index (χ2v) is 5.97. The first-order valence-electron chi connectivity index (χ1n) is 7.67. The van der Waals surface area contributed by atoms with Crippen molar-refractivity contribution in [1.29, 1.82) is 0 Å². The second-order valence-electron chi connectivity index (χ2n) is 5.41. The zero-order valence-corrected chi connectivity index (χ0v) is 14.1. The molecule has 21 heavy (non-hydrogen) atoms. The number of rotatable bonds is 8. The standard InChI is InChI=1S/C20H23Br/c1-2-19-9-6-7-11-20(19)10-5-3-4-8-17-12-14-18(16-21)15-13-17/h2,6-7,9,11-15H,1,3-5,8,10,16H2. The van der Waals surface area contributed by atoms with Crippen LogP contribution in [0.5, 0.6) is 0 Å². The van der Waals surface area contributed by atoms with Crippen LogP contribution in [0.25, 0.3) is 6.08 Å². The van der Waals surface area contributed by atoms with E-state index >= 15 is 0 Å². The van der Waals surface area contributed by atoms with Crippen molar-refractivity contribution < 1.29 is 0 Å². The fourth-order valence-electron chi connectivity index (χ4n) is 2.58. The van der Waals surface area contributed by atoms with Crippen molar-refractivity contribution in [2.24, 2.45) is 0 Å². The minimum Gasteiger partial charge on any atom is -0.0985 e. The van der Waals surface area contributed by atoms with E-state index in [9.17, 15) is 0 Å². The Hall–Kier alpha value is -1.34. The van der Waals surface area contributed by atoms with Crippen molar-refractivity contribution in [3.05, 3.63) is 77.4 Å². The third-order valence-electron chi connectivity index (χ3n) is 3.86. The first-order valence-corrected chi connectivity index (χ1v) is 8.80. The maximum atomic E-state index is 3.89. The highest BCUT2D eigenvalue weighted by molar-refractivity contribution is 9.08. The van der Waals surface area contributed by atoms with Crippen molar-refractivity contribution in [2.75, 3.05) is 0 Å². The summed E-state index contributed by atoms with van der Waals surface area (Å²) in [6, 6.07) is 17.5. The molecule has 0 saturated carbocycles. The molecule has 2 rings (SSSR count). The molecule has 0 aromatic heterocycles. The van der Waals surface area contributed by atoms with E-state index in [2.05, 4.69) is 71.0 Å². The van der Waals surface area contributed by atoms with E-state index in [0.29, 0.717) is 0 Å². The van der Waals surface area contributed by atoms with E-state index in [-0.39, 0.29) is 0 Å². The number of hydrogen-bond donors (Lipinski definition) is 0. The van der Waals surface area contributed by atoms with Crippen LogP contribution in [0.4, 0.5) is 0 Å². The lowest BCUT2D eigenvalue weighted by atomic mass is 10.00. The van der Waals surface area contributed by atoms with Gasteiger partial charge in [-0.1, -0.05) is 83.5 Å². The van der Waals surface area contributed by atoms with Gasteiger partial charge >= 0.3 is 0 Å². The fourth-order valence-corrected chi connectivity index (χ4v) is 2.95. The lowest BCUT2D eigenvalue weighted by Gasteiger charge is -2.06. The van der Waals surface area contributed by atoms with Crippen molar-refractivity contribution in [2.45, 2.75) is 37.4 Å². The number of hydrogen-bond acceptors (Lipinski definition) is 0. The van der Waals surface area contributed by atoms with E-state index in [0.717, 1.165) is 11.8 Å². The molecule has 0 saturated heterocycles. The van der Waals surface area contributed by atoms with Crippen LogP contribution in [-0.2, 0) is 18.2 Å². The Morgan fingerprint density at radius 1 is 0.810 bits per heavy atom. The zero-order chi connectivity index (χ0) is 14.9. The Bertz CT molecular complexity index is 554. The van der Waals surface area contributed by atoms with Gasteiger partial charge in [-0.05, 0) is 47.9 Å². The third-order valence-corrected chi connectivity index (χ3v) is 4.51. The van der Waals surface area contributed by atoms with Gasteiger partial charge in [0.15, 0.2) is 0 Å². The largest absolute Gasteiger partial charge is 0.0985 e. The third kappa shape index (κ3) is 5.17. The van der Waals surface area contributed by atoms with Gasteiger partial charge in [-0.25, -0.2) is 0 Å². The van der Waals surface area contributed by atoms with Crippen molar-refractivity contribution in [1.82, 2.24) is 0 Å². The van der Waals surface area contributed by atoms with Gasteiger partial charge in [0.25, 0.3) is 0 Å². The summed E-state index contributed by atoms with van der Waals surface area (Å²) >= 11 is 3.48. The maximum Gasteiger partial charge on any atom is 0.0283 e. The van der Waals surface area contributed by atoms with Crippen LogP contribution in [0.3, 0.4) is 0 Å². The van der Waals surface area contributed by atoms with Gasteiger partial charge in [0.2, 0.25) is 0 Å². The molecular formula is C20H23Br. The maximum absolute atomic E-state index is 3.89. The molecule has 110 valence electrons. The first kappa shape index (κ1) is 16.0. The van der Waals surface area contributed by atoms with Crippen LogP contribution in [0, 0.1) is 0 Å². The van der Waals surface area contributed by atoms with Crippen molar-refractivity contribution in [3.8, 4) is 0 Å². The van der Waals surface area contributed by atoms with Crippen molar-refractivity contribution >= 4 is 22.0 Å². The lowest BCUT2D eigenvalue weighted by molar-refractivity contribution is 0.678. The van der Waals surface area contributed by atoms with Gasteiger partial charge in [-0.15, -0.1) is 0 Å². The predicted molar refractivity (Wildman–Crippen MR) is 96.9 cm³/mol. The van der Waals surface area contributed by atoms with E-state index in [4.69, 9.17) is 0 Å². The Morgan fingerprint density at radius 3 is 2.19 bits per heavy atom. The molecule has 0 fully saturated rings. The summed E-state index contributed by atoms with van der Waals surface area (Å²) in [5.41, 5.74) is 5.50. The molecule has 0 N–H and O–H groups in total. The van der Waals surface area contributed by atoms with Crippen molar-refractivity contribution in [3.63, 3.8) is 0 Å². The minimum atomic E-state index is 0.940. The Labute approximate surface area is 137 Å². The smallest absolute Gasteiger partial charge is 0.0283 e. The summed E-state index contributed by atoms with van der Waals surface area (Å²) in [6.07, 6.45) is 8.11. The first-order chi connectivity index (χ1) is 10.3. The number of halogens is 1. The Kier molecular flexibility index (Phi) is 6.75. The van der Waals surface area contributed by atoms with E-state index in [1.165, 1.54) is 47.9 Å². The quantitative estimate of drug-likeness (QED) is 0.397. The SMILES string of the molecule is C=Cc1ccccc1CCCCCc1ccc(CBr)cc1. The zero-order valence-electron chi connectivity index (χ0n) is 12.5. The molecule has 2 aromatic rings. The molecule has 0 aliphatic heterocycles. The summed E-state index contributed by atoms with van der Waals surface area (Å²) in [4.78, 5) is 0.